The van der Waals surface area contributed by atoms with E-state index in [0.717, 1.165) is 25.9 Å². The first-order chi connectivity index (χ1) is 20.2. The first-order valence-corrected chi connectivity index (χ1v) is 15.7. The smallest absolute Gasteiger partial charge is 0.338 e. The summed E-state index contributed by atoms with van der Waals surface area (Å²) in [6.07, 6.45) is 1.17. The standard InChI is InChI=1S/C33H45NO8/c1-6-34-16-31(17-38-3)13-12-23(36)33-21-14-20-22(39-4)15-32(42-18(2)35,25(29(33)34)27(40-5)28(31)33)24(21)26(20)41-30(37)19-10-8-7-9-11-19/h7-11,20-29,36H,6,12-17H2,1-5H3/t20-,21-,22+,23+,24-,25+,26+,27+,28-,29?,31+,32-,33+/m1/s1. The van der Waals surface area contributed by atoms with Crippen LogP contribution in [0.3, 0.4) is 0 Å². The molecule has 6 aliphatic rings. The van der Waals surface area contributed by atoms with Crippen LogP contribution in [-0.4, -0.2) is 99.0 Å². The average Bonchev–Trinajstić information content (AvgIpc) is 3.41. The molecule has 42 heavy (non-hydrogen) atoms. The summed E-state index contributed by atoms with van der Waals surface area (Å²) in [5.74, 6) is -1.34. The van der Waals surface area contributed by atoms with Crippen LogP contribution in [0, 0.1) is 40.4 Å². The van der Waals surface area contributed by atoms with Gasteiger partial charge < -0.3 is 28.8 Å². The molecule has 1 spiro atoms. The fourth-order valence-electron chi connectivity index (χ4n) is 12.0. The Kier molecular flexibility index (Phi) is 6.83. The zero-order valence-corrected chi connectivity index (χ0v) is 25.4. The first kappa shape index (κ1) is 28.7. The van der Waals surface area contributed by atoms with Gasteiger partial charge in [-0.2, -0.15) is 0 Å². The highest BCUT2D eigenvalue weighted by Crippen LogP contribution is 2.80. The summed E-state index contributed by atoms with van der Waals surface area (Å²) in [7, 11) is 5.23. The summed E-state index contributed by atoms with van der Waals surface area (Å²) < 4.78 is 31.8. The van der Waals surface area contributed by atoms with Gasteiger partial charge in [-0.1, -0.05) is 25.1 Å². The third kappa shape index (κ3) is 3.43. The van der Waals surface area contributed by atoms with Crippen LogP contribution >= 0.6 is 0 Å². The number of piperidine rings is 1. The maximum absolute atomic E-state index is 13.6. The van der Waals surface area contributed by atoms with Gasteiger partial charge in [0, 0.05) is 81.8 Å². The fraction of sp³-hybridized carbons (Fsp3) is 0.758. The summed E-state index contributed by atoms with van der Waals surface area (Å²) >= 11 is 0. The molecule has 1 aromatic carbocycles. The quantitative estimate of drug-likeness (QED) is 0.463. The maximum Gasteiger partial charge on any atom is 0.338 e. The second-order valence-corrected chi connectivity index (χ2v) is 13.9. The van der Waals surface area contributed by atoms with Crippen LogP contribution in [0.25, 0.3) is 0 Å². The predicted octanol–water partition coefficient (Wildman–Crippen LogP) is 2.94. The van der Waals surface area contributed by atoms with E-state index in [4.69, 9.17) is 23.7 Å². The Labute approximate surface area is 248 Å². The molecule has 9 heteroatoms. The summed E-state index contributed by atoms with van der Waals surface area (Å²) in [4.78, 5) is 29.2. The number of nitrogens with zero attached hydrogens (tertiary/aromatic N) is 1. The SMILES string of the molecule is CCN1C[C@]2(COC)CC[C@H](O)[C@]34C1[C@H]([C@H](OC)[C@H]23)[C@@]1(OC(C)=O)C[C@H](OC)[C@H]2C[C@@H]4[C@@H]1[C@H]2OC(=O)c1ccccc1. The number of methoxy groups -OCH3 is 3. The van der Waals surface area contributed by atoms with E-state index in [9.17, 15) is 14.7 Å². The molecule has 1 saturated heterocycles. The van der Waals surface area contributed by atoms with E-state index in [1.165, 1.54) is 6.92 Å². The van der Waals surface area contributed by atoms with Gasteiger partial charge in [-0.3, -0.25) is 9.69 Å². The van der Waals surface area contributed by atoms with Crippen molar-refractivity contribution < 1.29 is 38.4 Å². The second-order valence-electron chi connectivity index (χ2n) is 13.9. The molecule has 6 fully saturated rings. The van der Waals surface area contributed by atoms with Crippen LogP contribution in [0.15, 0.2) is 30.3 Å². The monoisotopic (exact) mass is 583 g/mol. The number of ether oxygens (including phenoxy) is 5. The number of benzene rings is 1. The molecule has 1 heterocycles. The lowest BCUT2D eigenvalue weighted by molar-refractivity contribution is -0.276. The number of carbonyl (C=O) groups is 2. The van der Waals surface area contributed by atoms with Gasteiger partial charge >= 0.3 is 11.9 Å². The van der Waals surface area contributed by atoms with E-state index in [1.54, 1.807) is 33.5 Å². The number of likely N-dealkylation sites (tertiary alicyclic amines) is 1. The van der Waals surface area contributed by atoms with Gasteiger partial charge in [0.1, 0.15) is 11.7 Å². The van der Waals surface area contributed by atoms with E-state index in [2.05, 4.69) is 11.8 Å². The summed E-state index contributed by atoms with van der Waals surface area (Å²) in [5.41, 5.74) is -1.21. The van der Waals surface area contributed by atoms with Gasteiger partial charge in [-0.25, -0.2) is 4.79 Å². The van der Waals surface area contributed by atoms with Crippen molar-refractivity contribution in [1.82, 2.24) is 4.90 Å². The minimum atomic E-state index is -0.976. The molecule has 9 nitrogen and oxygen atoms in total. The van der Waals surface area contributed by atoms with E-state index < -0.39 is 23.2 Å². The third-order valence-electron chi connectivity index (χ3n) is 12.6. The molecule has 0 aromatic heterocycles. The van der Waals surface area contributed by atoms with Crippen molar-refractivity contribution in [2.24, 2.45) is 40.4 Å². The minimum absolute atomic E-state index is 0.0183. The van der Waals surface area contributed by atoms with E-state index in [-0.39, 0.29) is 65.2 Å². The highest BCUT2D eigenvalue weighted by molar-refractivity contribution is 5.89. The molecular formula is C33H45NO8. The number of fused-ring (bicyclic) bond motifs is 2. The number of hydrogen-bond acceptors (Lipinski definition) is 9. The van der Waals surface area contributed by atoms with Crippen LogP contribution in [0.2, 0.25) is 0 Å². The molecule has 0 radical (unpaired) electrons. The van der Waals surface area contributed by atoms with Crippen molar-refractivity contribution in [3.63, 3.8) is 0 Å². The highest BCUT2D eigenvalue weighted by Gasteiger charge is 2.87. The van der Waals surface area contributed by atoms with Crippen molar-refractivity contribution in [2.75, 3.05) is 41.0 Å². The number of esters is 2. The van der Waals surface area contributed by atoms with Crippen LogP contribution in [0.1, 0.15) is 49.9 Å². The molecule has 230 valence electrons. The molecule has 7 bridgehead atoms. The number of aliphatic hydroxyl groups excluding tert-OH is 1. The van der Waals surface area contributed by atoms with Crippen LogP contribution in [0.5, 0.6) is 0 Å². The normalized spacial score (nSPS) is 48.1. The van der Waals surface area contributed by atoms with Crippen molar-refractivity contribution in [1.29, 1.82) is 0 Å². The Hall–Kier alpha value is -2.04. The molecule has 1 N–H and O–H groups in total. The Morgan fingerprint density at radius 1 is 1.07 bits per heavy atom. The highest BCUT2D eigenvalue weighted by atomic mass is 16.6. The maximum atomic E-state index is 13.6. The molecule has 1 unspecified atom stereocenters. The lowest BCUT2D eigenvalue weighted by Crippen LogP contribution is -2.76. The lowest BCUT2D eigenvalue weighted by Gasteiger charge is -2.69. The molecule has 1 aliphatic heterocycles. The first-order valence-electron chi connectivity index (χ1n) is 15.7. The van der Waals surface area contributed by atoms with E-state index in [0.29, 0.717) is 25.0 Å². The van der Waals surface area contributed by atoms with Gasteiger partial charge in [0.2, 0.25) is 0 Å². The number of hydrogen-bond donors (Lipinski definition) is 1. The van der Waals surface area contributed by atoms with E-state index >= 15 is 0 Å². The van der Waals surface area contributed by atoms with Crippen molar-refractivity contribution in [2.45, 2.75) is 75.6 Å². The van der Waals surface area contributed by atoms with Crippen molar-refractivity contribution in [3.05, 3.63) is 35.9 Å². The molecule has 5 aliphatic carbocycles. The molecule has 7 rings (SSSR count). The number of aliphatic hydroxyl groups is 1. The number of carbonyl (C=O) groups excluding carboxylic acids is 2. The van der Waals surface area contributed by atoms with Gasteiger partial charge in [-0.05, 0) is 43.9 Å². The molecule has 1 aromatic rings. The Bertz CT molecular complexity index is 1230. The second kappa shape index (κ2) is 9.99. The largest absolute Gasteiger partial charge is 0.458 e. The third-order valence-corrected chi connectivity index (χ3v) is 12.6. The van der Waals surface area contributed by atoms with Crippen molar-refractivity contribution in [3.8, 4) is 0 Å². The average molecular weight is 584 g/mol. The zero-order chi connectivity index (χ0) is 29.6. The van der Waals surface area contributed by atoms with Gasteiger partial charge in [0.15, 0.2) is 0 Å². The van der Waals surface area contributed by atoms with Gasteiger partial charge in [-0.15, -0.1) is 0 Å². The minimum Gasteiger partial charge on any atom is -0.458 e. The number of rotatable bonds is 8. The lowest BCUT2D eigenvalue weighted by atomic mass is 9.43. The molecular weight excluding hydrogens is 538 g/mol. The molecule has 5 saturated carbocycles. The van der Waals surface area contributed by atoms with Crippen LogP contribution in [0.4, 0.5) is 0 Å². The van der Waals surface area contributed by atoms with Crippen molar-refractivity contribution >= 4 is 11.9 Å². The van der Waals surface area contributed by atoms with E-state index in [1.807, 2.05) is 18.2 Å². The van der Waals surface area contributed by atoms with Gasteiger partial charge in [0.25, 0.3) is 0 Å². The van der Waals surface area contributed by atoms with Crippen LogP contribution in [-0.2, 0) is 28.5 Å². The summed E-state index contributed by atoms with van der Waals surface area (Å²) in [6.45, 7) is 5.90. The predicted molar refractivity (Wildman–Crippen MR) is 151 cm³/mol. The Balaban J connectivity index is 1.45. The molecule has 13 atom stereocenters. The fourth-order valence-corrected chi connectivity index (χ4v) is 12.0. The topological polar surface area (TPSA) is 104 Å². The van der Waals surface area contributed by atoms with Gasteiger partial charge in [0.05, 0.1) is 30.5 Å². The van der Waals surface area contributed by atoms with Crippen LogP contribution < -0.4 is 0 Å². The summed E-state index contributed by atoms with van der Waals surface area (Å²) in [5, 5.41) is 12.3. The zero-order valence-electron chi connectivity index (χ0n) is 25.4. The summed E-state index contributed by atoms with van der Waals surface area (Å²) in [6, 6.07) is 9.02. The Morgan fingerprint density at radius 3 is 2.48 bits per heavy atom. The molecule has 0 amide bonds. The Morgan fingerprint density at radius 2 is 1.83 bits per heavy atom.